The van der Waals surface area contributed by atoms with Crippen LogP contribution >= 0.6 is 11.3 Å². The lowest BCUT2D eigenvalue weighted by atomic mass is 10.2. The number of rotatable bonds is 7. The highest BCUT2D eigenvalue weighted by molar-refractivity contribution is 7.09. The fourth-order valence-electron chi connectivity index (χ4n) is 1.22. The minimum Gasteiger partial charge on any atom is -0.372 e. The van der Waals surface area contributed by atoms with Crippen molar-refractivity contribution < 1.29 is 4.74 Å². The second-order valence-electron chi connectivity index (χ2n) is 4.62. The van der Waals surface area contributed by atoms with Crippen molar-refractivity contribution in [2.24, 2.45) is 5.92 Å². The van der Waals surface area contributed by atoms with Gasteiger partial charge >= 0.3 is 0 Å². The average Bonchev–Trinajstić information content (AvgIpc) is 2.62. The summed E-state index contributed by atoms with van der Waals surface area (Å²) in [5.74, 6) is 0.684. The summed E-state index contributed by atoms with van der Waals surface area (Å²) in [6.45, 7) is 11.0. The summed E-state index contributed by atoms with van der Waals surface area (Å²) >= 11 is 1.70. The lowest BCUT2D eigenvalue weighted by Crippen LogP contribution is -2.18. The van der Waals surface area contributed by atoms with E-state index in [-0.39, 0.29) is 6.10 Å². The van der Waals surface area contributed by atoms with Gasteiger partial charge in [-0.2, -0.15) is 0 Å². The summed E-state index contributed by atoms with van der Waals surface area (Å²) in [6, 6.07) is 0. The van der Waals surface area contributed by atoms with Crippen LogP contribution < -0.4 is 5.32 Å². The van der Waals surface area contributed by atoms with E-state index in [0.717, 1.165) is 23.8 Å². The molecule has 0 saturated carbocycles. The SMILES string of the molecule is CC(C)CNCc1nc(COC(C)C)cs1. The Morgan fingerprint density at radius 1 is 1.38 bits per heavy atom. The van der Waals surface area contributed by atoms with E-state index in [0.29, 0.717) is 12.5 Å². The van der Waals surface area contributed by atoms with Crippen molar-refractivity contribution in [3.8, 4) is 0 Å². The van der Waals surface area contributed by atoms with E-state index in [4.69, 9.17) is 4.74 Å². The van der Waals surface area contributed by atoms with Gasteiger partial charge in [0.2, 0.25) is 0 Å². The second-order valence-corrected chi connectivity index (χ2v) is 5.56. The number of hydrogen-bond acceptors (Lipinski definition) is 4. The van der Waals surface area contributed by atoms with Gasteiger partial charge in [-0.15, -0.1) is 11.3 Å². The smallest absolute Gasteiger partial charge is 0.107 e. The zero-order chi connectivity index (χ0) is 12.0. The van der Waals surface area contributed by atoms with Gasteiger partial charge in [-0.3, -0.25) is 0 Å². The van der Waals surface area contributed by atoms with Gasteiger partial charge in [0.25, 0.3) is 0 Å². The summed E-state index contributed by atoms with van der Waals surface area (Å²) in [4.78, 5) is 4.51. The van der Waals surface area contributed by atoms with E-state index in [1.165, 1.54) is 0 Å². The Balaban J connectivity index is 2.28. The molecule has 0 aromatic carbocycles. The molecule has 0 fully saturated rings. The Hall–Kier alpha value is -0.450. The van der Waals surface area contributed by atoms with E-state index in [1.807, 2.05) is 13.8 Å². The Morgan fingerprint density at radius 2 is 2.12 bits per heavy atom. The molecule has 0 aliphatic heterocycles. The van der Waals surface area contributed by atoms with Gasteiger partial charge in [-0.1, -0.05) is 13.8 Å². The van der Waals surface area contributed by atoms with Crippen molar-refractivity contribution in [3.05, 3.63) is 16.1 Å². The first kappa shape index (κ1) is 13.6. The summed E-state index contributed by atoms with van der Waals surface area (Å²) in [5, 5.41) is 6.61. The van der Waals surface area contributed by atoms with Crippen molar-refractivity contribution >= 4 is 11.3 Å². The van der Waals surface area contributed by atoms with E-state index >= 15 is 0 Å². The number of aromatic nitrogens is 1. The molecule has 1 rings (SSSR count). The van der Waals surface area contributed by atoms with Crippen LogP contribution in [-0.4, -0.2) is 17.6 Å². The summed E-state index contributed by atoms with van der Waals surface area (Å²) in [7, 11) is 0. The Labute approximate surface area is 102 Å². The average molecular weight is 242 g/mol. The van der Waals surface area contributed by atoms with Crippen molar-refractivity contribution in [1.82, 2.24) is 10.3 Å². The minimum absolute atomic E-state index is 0.268. The van der Waals surface area contributed by atoms with Crippen LogP contribution in [-0.2, 0) is 17.9 Å². The Bertz CT molecular complexity index is 297. The molecule has 1 N–H and O–H groups in total. The van der Waals surface area contributed by atoms with Gasteiger partial charge in [0, 0.05) is 11.9 Å². The van der Waals surface area contributed by atoms with E-state index in [9.17, 15) is 0 Å². The third-order valence-electron chi connectivity index (χ3n) is 1.99. The maximum atomic E-state index is 5.51. The molecule has 0 radical (unpaired) electrons. The first-order valence-electron chi connectivity index (χ1n) is 5.83. The molecule has 1 heterocycles. The van der Waals surface area contributed by atoms with Crippen LogP contribution in [0.4, 0.5) is 0 Å². The van der Waals surface area contributed by atoms with Crippen LogP contribution in [0, 0.1) is 5.92 Å². The molecule has 1 aromatic rings. The van der Waals surface area contributed by atoms with Crippen LogP contribution in [0.5, 0.6) is 0 Å². The molecule has 1 aromatic heterocycles. The first-order valence-corrected chi connectivity index (χ1v) is 6.71. The topological polar surface area (TPSA) is 34.2 Å². The zero-order valence-corrected chi connectivity index (χ0v) is 11.4. The number of nitrogens with one attached hydrogen (secondary N) is 1. The highest BCUT2D eigenvalue weighted by atomic mass is 32.1. The lowest BCUT2D eigenvalue weighted by molar-refractivity contribution is 0.0638. The highest BCUT2D eigenvalue weighted by Crippen LogP contribution is 2.11. The van der Waals surface area contributed by atoms with E-state index in [2.05, 4.69) is 29.5 Å². The van der Waals surface area contributed by atoms with Crippen molar-refractivity contribution in [3.63, 3.8) is 0 Å². The number of nitrogens with zero attached hydrogens (tertiary/aromatic N) is 1. The maximum Gasteiger partial charge on any atom is 0.107 e. The van der Waals surface area contributed by atoms with Gasteiger partial charge in [-0.25, -0.2) is 4.98 Å². The summed E-state index contributed by atoms with van der Waals surface area (Å²) in [6.07, 6.45) is 0.268. The molecule has 92 valence electrons. The molecule has 0 unspecified atom stereocenters. The molecular weight excluding hydrogens is 220 g/mol. The standard InChI is InChI=1S/C12H22N2OS/c1-9(2)5-13-6-12-14-11(8-16-12)7-15-10(3)4/h8-10,13H,5-7H2,1-4H3. The summed E-state index contributed by atoms with van der Waals surface area (Å²) in [5.41, 5.74) is 1.04. The number of ether oxygens (including phenoxy) is 1. The Kier molecular flexibility index (Phi) is 5.95. The molecule has 0 spiro atoms. The van der Waals surface area contributed by atoms with Gasteiger partial charge < -0.3 is 10.1 Å². The van der Waals surface area contributed by atoms with Crippen LogP contribution in [0.2, 0.25) is 0 Å². The first-order chi connectivity index (χ1) is 7.58. The van der Waals surface area contributed by atoms with Crippen molar-refractivity contribution in [2.75, 3.05) is 6.54 Å². The molecule has 0 aliphatic carbocycles. The van der Waals surface area contributed by atoms with Crippen LogP contribution in [0.15, 0.2) is 5.38 Å². The van der Waals surface area contributed by atoms with Gasteiger partial charge in [0.05, 0.1) is 18.4 Å². The monoisotopic (exact) mass is 242 g/mol. The quantitative estimate of drug-likeness (QED) is 0.798. The highest BCUT2D eigenvalue weighted by Gasteiger charge is 2.03. The number of thiazole rings is 1. The Morgan fingerprint density at radius 3 is 2.75 bits per heavy atom. The maximum absolute atomic E-state index is 5.51. The predicted molar refractivity (Wildman–Crippen MR) is 68.6 cm³/mol. The third-order valence-corrected chi connectivity index (χ3v) is 2.89. The van der Waals surface area contributed by atoms with E-state index < -0.39 is 0 Å². The fraction of sp³-hybridized carbons (Fsp3) is 0.750. The van der Waals surface area contributed by atoms with Gasteiger partial charge in [0.1, 0.15) is 5.01 Å². The molecule has 0 amide bonds. The molecule has 16 heavy (non-hydrogen) atoms. The van der Waals surface area contributed by atoms with Crippen LogP contribution in [0.1, 0.15) is 38.4 Å². The largest absolute Gasteiger partial charge is 0.372 e. The molecule has 3 nitrogen and oxygen atoms in total. The van der Waals surface area contributed by atoms with Crippen molar-refractivity contribution in [1.29, 1.82) is 0 Å². The van der Waals surface area contributed by atoms with Crippen LogP contribution in [0.3, 0.4) is 0 Å². The molecule has 0 bridgehead atoms. The van der Waals surface area contributed by atoms with Gasteiger partial charge in [-0.05, 0) is 26.3 Å². The van der Waals surface area contributed by atoms with Crippen LogP contribution in [0.25, 0.3) is 0 Å². The van der Waals surface area contributed by atoms with Crippen molar-refractivity contribution in [2.45, 2.75) is 47.0 Å². The lowest BCUT2D eigenvalue weighted by Gasteiger charge is -2.05. The number of hydrogen-bond donors (Lipinski definition) is 1. The molecule has 0 saturated heterocycles. The molecule has 4 heteroatoms. The molecule has 0 atom stereocenters. The molecule has 0 aliphatic rings. The predicted octanol–water partition coefficient (Wildman–Crippen LogP) is 2.81. The second kappa shape index (κ2) is 6.99. The normalized spacial score (nSPS) is 11.6. The fourth-order valence-corrected chi connectivity index (χ4v) is 1.96. The minimum atomic E-state index is 0.268. The molecular formula is C12H22N2OS. The van der Waals surface area contributed by atoms with E-state index in [1.54, 1.807) is 11.3 Å². The third kappa shape index (κ3) is 5.58. The summed E-state index contributed by atoms with van der Waals surface area (Å²) < 4.78 is 5.51. The van der Waals surface area contributed by atoms with Gasteiger partial charge in [0.15, 0.2) is 0 Å². The zero-order valence-electron chi connectivity index (χ0n) is 10.6.